The maximum atomic E-state index is 5.52. The molecule has 0 unspecified atom stereocenters. The van der Waals surface area contributed by atoms with Crippen molar-refractivity contribution in [3.63, 3.8) is 0 Å². The normalized spacial score (nSPS) is 18.9. The lowest BCUT2D eigenvalue weighted by atomic mass is 10.1. The summed E-state index contributed by atoms with van der Waals surface area (Å²) in [6.45, 7) is 5.76. The van der Waals surface area contributed by atoms with Gasteiger partial charge in [-0.3, -0.25) is 15.4 Å². The van der Waals surface area contributed by atoms with Gasteiger partial charge in [-0.2, -0.15) is 0 Å². The van der Waals surface area contributed by atoms with Crippen molar-refractivity contribution >= 4 is 18.5 Å². The zero-order valence-electron chi connectivity index (χ0n) is 13.0. The van der Waals surface area contributed by atoms with E-state index in [1.165, 1.54) is 0 Å². The van der Waals surface area contributed by atoms with Crippen molar-refractivity contribution in [1.29, 1.82) is 0 Å². The van der Waals surface area contributed by atoms with Crippen LogP contribution in [0, 0.1) is 5.92 Å². The smallest absolute Gasteiger partial charge is 0.207 e. The SMILES string of the molecule is CN=C(N)NN/C=C(\C=NC=NC1CCOCC1)C(C)C. The van der Waals surface area contributed by atoms with Gasteiger partial charge in [0.25, 0.3) is 0 Å². The molecule has 0 amide bonds. The number of hydrazine groups is 1. The van der Waals surface area contributed by atoms with Gasteiger partial charge in [-0.25, -0.2) is 4.99 Å². The van der Waals surface area contributed by atoms with E-state index in [1.807, 2.05) is 6.20 Å². The summed E-state index contributed by atoms with van der Waals surface area (Å²) >= 11 is 0. The number of nitrogens with two attached hydrogens (primary N) is 1. The highest BCUT2D eigenvalue weighted by Crippen LogP contribution is 2.09. The second kappa shape index (κ2) is 9.93. The minimum Gasteiger partial charge on any atom is -0.381 e. The van der Waals surface area contributed by atoms with Gasteiger partial charge in [0.1, 0.15) is 6.34 Å². The van der Waals surface area contributed by atoms with Crippen LogP contribution in [-0.4, -0.2) is 44.8 Å². The van der Waals surface area contributed by atoms with Crippen LogP contribution in [-0.2, 0) is 4.74 Å². The van der Waals surface area contributed by atoms with Crippen LogP contribution < -0.4 is 16.6 Å². The molecule has 0 radical (unpaired) electrons. The third-order valence-corrected chi connectivity index (χ3v) is 3.11. The fraction of sp³-hybridized carbons (Fsp3) is 0.643. The van der Waals surface area contributed by atoms with E-state index in [9.17, 15) is 0 Å². The molecule has 1 rings (SSSR count). The Morgan fingerprint density at radius 1 is 1.33 bits per heavy atom. The molecule has 1 aliphatic rings. The Hall–Kier alpha value is -1.89. The number of ether oxygens (including phenoxy) is 1. The van der Waals surface area contributed by atoms with Crippen molar-refractivity contribution in [3.05, 3.63) is 11.8 Å². The highest BCUT2D eigenvalue weighted by molar-refractivity contribution is 5.85. The first-order chi connectivity index (χ1) is 10.1. The molecule has 0 aromatic carbocycles. The van der Waals surface area contributed by atoms with Gasteiger partial charge >= 0.3 is 0 Å². The summed E-state index contributed by atoms with van der Waals surface area (Å²) in [6, 6.07) is 0.336. The predicted molar refractivity (Wildman–Crippen MR) is 87.6 cm³/mol. The Balaban J connectivity index is 2.46. The first-order valence-electron chi connectivity index (χ1n) is 7.20. The first kappa shape index (κ1) is 17.2. The number of nitrogens with zero attached hydrogens (tertiary/aromatic N) is 3. The summed E-state index contributed by atoms with van der Waals surface area (Å²) in [6.07, 6.45) is 7.18. The van der Waals surface area contributed by atoms with E-state index in [4.69, 9.17) is 10.5 Å². The molecule has 0 aliphatic carbocycles. The molecule has 0 bridgehead atoms. The van der Waals surface area contributed by atoms with Gasteiger partial charge in [0.05, 0.1) is 6.04 Å². The minimum absolute atomic E-state index is 0.326. The monoisotopic (exact) mass is 294 g/mol. The van der Waals surface area contributed by atoms with Crippen molar-refractivity contribution in [2.24, 2.45) is 26.6 Å². The lowest BCUT2D eigenvalue weighted by Gasteiger charge is -2.17. The van der Waals surface area contributed by atoms with E-state index in [2.05, 4.69) is 39.7 Å². The molecule has 7 heteroatoms. The van der Waals surface area contributed by atoms with Crippen LogP contribution in [0.3, 0.4) is 0 Å². The second-order valence-electron chi connectivity index (χ2n) is 5.06. The Morgan fingerprint density at radius 2 is 2.05 bits per heavy atom. The number of hydrogen-bond donors (Lipinski definition) is 3. The molecule has 1 aliphatic heterocycles. The van der Waals surface area contributed by atoms with E-state index < -0.39 is 0 Å². The van der Waals surface area contributed by atoms with Crippen LogP contribution in [0.5, 0.6) is 0 Å². The Labute approximate surface area is 126 Å². The number of hydrogen-bond acceptors (Lipinski definition) is 4. The lowest BCUT2D eigenvalue weighted by Crippen LogP contribution is -2.39. The average molecular weight is 294 g/mol. The van der Waals surface area contributed by atoms with E-state index in [0.29, 0.717) is 17.9 Å². The van der Waals surface area contributed by atoms with E-state index in [1.54, 1.807) is 19.6 Å². The van der Waals surface area contributed by atoms with E-state index >= 15 is 0 Å². The number of nitrogens with one attached hydrogen (secondary N) is 2. The second-order valence-corrected chi connectivity index (χ2v) is 5.06. The fourth-order valence-corrected chi connectivity index (χ4v) is 1.69. The Kier molecular flexibility index (Phi) is 8.11. The zero-order chi connectivity index (χ0) is 15.5. The third kappa shape index (κ3) is 7.45. The largest absolute Gasteiger partial charge is 0.381 e. The van der Waals surface area contributed by atoms with Crippen LogP contribution in [0.4, 0.5) is 0 Å². The maximum absolute atomic E-state index is 5.52. The topological polar surface area (TPSA) is 96.4 Å². The molecule has 0 spiro atoms. The molecule has 1 heterocycles. The lowest BCUT2D eigenvalue weighted by molar-refractivity contribution is 0.0872. The Bertz CT molecular complexity index is 408. The molecule has 118 valence electrons. The molecule has 0 aromatic rings. The van der Waals surface area contributed by atoms with Gasteiger partial charge in [-0.05, 0) is 24.3 Å². The maximum Gasteiger partial charge on any atom is 0.207 e. The van der Waals surface area contributed by atoms with Gasteiger partial charge < -0.3 is 15.9 Å². The standard InChI is InChI=1S/C14H26N6O/c1-11(2)12(9-19-20-14(15)16-3)8-17-10-18-13-4-6-21-7-5-13/h8-11,13,19H,4-7H2,1-3H3,(H3,15,16,20)/b12-9+,17-8?,18-10?. The third-order valence-electron chi connectivity index (χ3n) is 3.11. The highest BCUT2D eigenvalue weighted by atomic mass is 16.5. The summed E-state index contributed by atoms with van der Waals surface area (Å²) in [7, 11) is 1.62. The molecular formula is C14H26N6O. The molecule has 7 nitrogen and oxygen atoms in total. The van der Waals surface area contributed by atoms with Crippen molar-refractivity contribution in [2.75, 3.05) is 20.3 Å². The van der Waals surface area contributed by atoms with Crippen molar-refractivity contribution in [1.82, 2.24) is 10.9 Å². The van der Waals surface area contributed by atoms with Crippen LogP contribution in [0.1, 0.15) is 26.7 Å². The molecule has 0 aromatic heterocycles. The van der Waals surface area contributed by atoms with Crippen molar-refractivity contribution in [2.45, 2.75) is 32.7 Å². The first-order valence-corrected chi connectivity index (χ1v) is 7.20. The number of aliphatic imine (C=N–C) groups is 3. The van der Waals surface area contributed by atoms with Crippen molar-refractivity contribution in [3.8, 4) is 0 Å². The van der Waals surface area contributed by atoms with Crippen LogP contribution in [0.2, 0.25) is 0 Å². The fourth-order valence-electron chi connectivity index (χ4n) is 1.69. The molecule has 1 fully saturated rings. The van der Waals surface area contributed by atoms with Gasteiger partial charge in [0.2, 0.25) is 5.96 Å². The molecule has 1 saturated heterocycles. The number of allylic oxidation sites excluding steroid dienone is 1. The quantitative estimate of drug-likeness (QED) is 0.384. The Morgan fingerprint density at radius 3 is 2.67 bits per heavy atom. The zero-order valence-corrected chi connectivity index (χ0v) is 13.0. The van der Waals surface area contributed by atoms with Gasteiger partial charge in [0, 0.05) is 32.7 Å². The molecule has 0 atom stereocenters. The van der Waals surface area contributed by atoms with Gasteiger partial charge in [-0.15, -0.1) is 0 Å². The van der Waals surface area contributed by atoms with E-state index in [-0.39, 0.29) is 0 Å². The van der Waals surface area contributed by atoms with E-state index in [0.717, 1.165) is 31.6 Å². The summed E-state index contributed by atoms with van der Waals surface area (Å²) in [5.41, 5.74) is 12.2. The molecule has 21 heavy (non-hydrogen) atoms. The molecule has 0 saturated carbocycles. The minimum atomic E-state index is 0.326. The van der Waals surface area contributed by atoms with Gasteiger partial charge in [0.15, 0.2) is 0 Å². The van der Waals surface area contributed by atoms with Crippen LogP contribution in [0.15, 0.2) is 26.8 Å². The summed E-state index contributed by atoms with van der Waals surface area (Å²) in [5.74, 6) is 0.659. The summed E-state index contributed by atoms with van der Waals surface area (Å²) < 4.78 is 5.29. The molecule has 4 N–H and O–H groups in total. The van der Waals surface area contributed by atoms with Gasteiger partial charge in [-0.1, -0.05) is 13.8 Å². The van der Waals surface area contributed by atoms with Crippen LogP contribution >= 0.6 is 0 Å². The predicted octanol–water partition coefficient (Wildman–Crippen LogP) is 0.843. The summed E-state index contributed by atoms with van der Waals surface area (Å²) in [4.78, 5) is 12.5. The number of rotatable bonds is 6. The van der Waals surface area contributed by atoms with Crippen LogP contribution in [0.25, 0.3) is 0 Å². The average Bonchev–Trinajstić information content (AvgIpc) is 2.50. The number of guanidine groups is 1. The summed E-state index contributed by atoms with van der Waals surface area (Å²) in [5, 5.41) is 0. The van der Waals surface area contributed by atoms with Crippen molar-refractivity contribution < 1.29 is 4.74 Å². The molecular weight excluding hydrogens is 268 g/mol. The highest BCUT2D eigenvalue weighted by Gasteiger charge is 2.10.